The Bertz CT molecular complexity index is 993. The maximum absolute atomic E-state index is 13.9. The van der Waals surface area contributed by atoms with E-state index in [1.807, 2.05) is 12.1 Å². The number of rotatable bonds is 3. The van der Waals surface area contributed by atoms with Gasteiger partial charge in [0.05, 0.1) is 11.2 Å². The van der Waals surface area contributed by atoms with Crippen molar-refractivity contribution >= 4 is 30.0 Å². The molecule has 1 aromatic heterocycles. The molecule has 0 bridgehead atoms. The van der Waals surface area contributed by atoms with Crippen LogP contribution in [0.25, 0.3) is 11.4 Å². The van der Waals surface area contributed by atoms with E-state index in [9.17, 15) is 4.39 Å². The molecule has 1 heterocycles. The van der Waals surface area contributed by atoms with E-state index >= 15 is 0 Å². The molecule has 26 heavy (non-hydrogen) atoms. The molecule has 0 fully saturated rings. The molecule has 0 radical (unpaired) electrons. The number of aromatic amines is 1. The first-order valence-electron chi connectivity index (χ1n) is 8.04. The fourth-order valence-electron chi connectivity index (χ4n) is 2.45. The Labute approximate surface area is 161 Å². The van der Waals surface area contributed by atoms with Gasteiger partial charge in [0.25, 0.3) is 0 Å². The third-order valence-corrected chi connectivity index (χ3v) is 4.56. The van der Waals surface area contributed by atoms with Crippen LogP contribution in [0.5, 0.6) is 0 Å². The third kappa shape index (κ3) is 3.76. The molecule has 2 aromatic carbocycles. The molecule has 1 N–H and O–H groups in total. The molecule has 0 amide bonds. The van der Waals surface area contributed by atoms with Crippen LogP contribution in [0, 0.1) is 10.6 Å². The molecular weight excluding hydrogens is 371 g/mol. The maximum Gasteiger partial charge on any atom is 0.216 e. The summed E-state index contributed by atoms with van der Waals surface area (Å²) < 4.78 is 15.7. The highest BCUT2D eigenvalue weighted by Gasteiger charge is 2.15. The van der Waals surface area contributed by atoms with Crippen LogP contribution in [0.1, 0.15) is 31.9 Å². The molecular formula is C19H18ClFN4S. The minimum atomic E-state index is -0.452. The molecule has 0 spiro atoms. The average Bonchev–Trinajstić information content (AvgIpc) is 2.95. The number of benzene rings is 2. The van der Waals surface area contributed by atoms with Crippen molar-refractivity contribution in [1.29, 1.82) is 0 Å². The molecule has 0 unspecified atom stereocenters. The van der Waals surface area contributed by atoms with Gasteiger partial charge >= 0.3 is 0 Å². The molecule has 7 heteroatoms. The van der Waals surface area contributed by atoms with Crippen molar-refractivity contribution in [2.45, 2.75) is 26.2 Å². The summed E-state index contributed by atoms with van der Waals surface area (Å²) in [5.74, 6) is 0.0894. The largest absolute Gasteiger partial charge is 0.250 e. The summed E-state index contributed by atoms with van der Waals surface area (Å²) in [6.07, 6.45) is 1.34. The van der Waals surface area contributed by atoms with Gasteiger partial charge in [-0.15, -0.1) is 0 Å². The minimum Gasteiger partial charge on any atom is -0.250 e. The summed E-state index contributed by atoms with van der Waals surface area (Å²) in [4.78, 5) is 0. The summed E-state index contributed by atoms with van der Waals surface area (Å²) in [6, 6.07) is 12.5. The zero-order valence-electron chi connectivity index (χ0n) is 14.6. The van der Waals surface area contributed by atoms with Crippen molar-refractivity contribution < 1.29 is 4.39 Å². The van der Waals surface area contributed by atoms with Gasteiger partial charge in [-0.25, -0.2) is 9.49 Å². The first-order valence-corrected chi connectivity index (χ1v) is 8.82. The maximum atomic E-state index is 13.9. The SMILES string of the molecule is CC(C)(C)c1ccc(-c2n[nH]c(=S)n2/N=C/c2c(F)cccc2Cl)cc1. The number of hydrogen-bond donors (Lipinski definition) is 1. The summed E-state index contributed by atoms with van der Waals surface area (Å²) in [6.45, 7) is 6.46. The molecule has 3 aromatic rings. The van der Waals surface area contributed by atoms with Crippen molar-refractivity contribution in [1.82, 2.24) is 14.9 Å². The Balaban J connectivity index is 2.00. The molecule has 0 aliphatic carbocycles. The summed E-state index contributed by atoms with van der Waals surface area (Å²) in [5.41, 5.74) is 2.32. The van der Waals surface area contributed by atoms with Gasteiger partial charge in [-0.3, -0.25) is 0 Å². The number of nitrogens with one attached hydrogen (secondary N) is 1. The number of halogens is 2. The number of nitrogens with zero attached hydrogens (tertiary/aromatic N) is 3. The van der Waals surface area contributed by atoms with Gasteiger partial charge in [0, 0.05) is 11.1 Å². The molecule has 0 aliphatic rings. The highest BCUT2D eigenvalue weighted by Crippen LogP contribution is 2.25. The second kappa shape index (κ2) is 7.13. The lowest BCUT2D eigenvalue weighted by atomic mass is 9.87. The highest BCUT2D eigenvalue weighted by atomic mass is 35.5. The van der Waals surface area contributed by atoms with Crippen molar-refractivity contribution in [2.75, 3.05) is 0 Å². The highest BCUT2D eigenvalue weighted by molar-refractivity contribution is 7.71. The van der Waals surface area contributed by atoms with Crippen LogP contribution in [0.4, 0.5) is 4.39 Å². The fraction of sp³-hybridized carbons (Fsp3) is 0.211. The number of aromatic nitrogens is 3. The number of H-pyrrole nitrogens is 1. The van der Waals surface area contributed by atoms with Gasteiger partial charge in [-0.1, -0.05) is 62.7 Å². The van der Waals surface area contributed by atoms with Gasteiger partial charge in [-0.2, -0.15) is 14.9 Å². The van der Waals surface area contributed by atoms with Crippen LogP contribution >= 0.6 is 23.8 Å². The standard InChI is InChI=1S/C19H18ClFN4S/c1-19(2,3)13-9-7-12(8-10-13)17-23-24-18(26)25(17)22-11-14-15(20)5-4-6-16(14)21/h4-11H,1-3H3,(H,24,26)/b22-11+. The molecule has 0 atom stereocenters. The van der Waals surface area contributed by atoms with Crippen LogP contribution in [0.2, 0.25) is 5.02 Å². The zero-order valence-corrected chi connectivity index (χ0v) is 16.2. The Kier molecular flexibility index (Phi) is 5.07. The second-order valence-electron chi connectivity index (χ2n) is 6.87. The zero-order chi connectivity index (χ0) is 18.9. The van der Waals surface area contributed by atoms with Crippen molar-refractivity contribution in [3.8, 4) is 11.4 Å². The van der Waals surface area contributed by atoms with E-state index in [1.165, 1.54) is 22.5 Å². The van der Waals surface area contributed by atoms with Crippen LogP contribution in [-0.4, -0.2) is 21.1 Å². The lowest BCUT2D eigenvalue weighted by Crippen LogP contribution is -2.10. The van der Waals surface area contributed by atoms with E-state index in [-0.39, 0.29) is 16.0 Å². The van der Waals surface area contributed by atoms with E-state index in [2.05, 4.69) is 48.2 Å². The second-order valence-corrected chi connectivity index (χ2v) is 7.67. The third-order valence-electron chi connectivity index (χ3n) is 3.96. The van der Waals surface area contributed by atoms with Gasteiger partial charge in [0.2, 0.25) is 4.77 Å². The van der Waals surface area contributed by atoms with Crippen molar-refractivity contribution in [2.24, 2.45) is 5.10 Å². The number of hydrogen-bond acceptors (Lipinski definition) is 3. The average molecular weight is 389 g/mol. The van der Waals surface area contributed by atoms with Gasteiger partial charge in [0.1, 0.15) is 5.82 Å². The predicted octanol–water partition coefficient (Wildman–Crippen LogP) is 5.58. The molecule has 3 rings (SSSR count). The molecule has 4 nitrogen and oxygen atoms in total. The first kappa shape index (κ1) is 18.5. The van der Waals surface area contributed by atoms with E-state index in [4.69, 9.17) is 23.8 Å². The van der Waals surface area contributed by atoms with Crippen LogP contribution in [0.15, 0.2) is 47.6 Å². The summed E-state index contributed by atoms with van der Waals surface area (Å²) >= 11 is 11.3. The first-order chi connectivity index (χ1) is 12.3. The molecule has 134 valence electrons. The predicted molar refractivity (Wildman–Crippen MR) is 106 cm³/mol. The minimum absolute atomic E-state index is 0.0585. The Morgan fingerprint density at radius 1 is 1.19 bits per heavy atom. The van der Waals surface area contributed by atoms with Crippen LogP contribution in [0.3, 0.4) is 0 Å². The lowest BCUT2D eigenvalue weighted by Gasteiger charge is -2.18. The Hall–Kier alpha value is -2.31. The topological polar surface area (TPSA) is 46.0 Å². The Morgan fingerprint density at radius 3 is 2.50 bits per heavy atom. The van der Waals surface area contributed by atoms with Gasteiger partial charge in [0.15, 0.2) is 5.82 Å². The lowest BCUT2D eigenvalue weighted by molar-refractivity contribution is 0.590. The molecule has 0 saturated carbocycles. The van der Waals surface area contributed by atoms with E-state index in [0.29, 0.717) is 10.6 Å². The van der Waals surface area contributed by atoms with E-state index in [0.717, 1.165) is 5.56 Å². The van der Waals surface area contributed by atoms with E-state index < -0.39 is 5.82 Å². The molecule has 0 saturated heterocycles. The van der Waals surface area contributed by atoms with Crippen molar-refractivity contribution in [3.63, 3.8) is 0 Å². The smallest absolute Gasteiger partial charge is 0.216 e. The fourth-order valence-corrected chi connectivity index (χ4v) is 2.85. The van der Waals surface area contributed by atoms with Crippen LogP contribution < -0.4 is 0 Å². The Morgan fingerprint density at radius 2 is 1.88 bits per heavy atom. The summed E-state index contributed by atoms with van der Waals surface area (Å²) in [5, 5.41) is 11.5. The van der Waals surface area contributed by atoms with E-state index in [1.54, 1.807) is 12.1 Å². The summed E-state index contributed by atoms with van der Waals surface area (Å²) in [7, 11) is 0. The quantitative estimate of drug-likeness (QED) is 0.470. The van der Waals surface area contributed by atoms with Gasteiger partial charge in [-0.05, 0) is 35.3 Å². The van der Waals surface area contributed by atoms with Crippen molar-refractivity contribution in [3.05, 3.63) is 69.2 Å². The monoisotopic (exact) mass is 388 g/mol. The van der Waals surface area contributed by atoms with Gasteiger partial charge < -0.3 is 0 Å². The normalized spacial score (nSPS) is 12.0. The van der Waals surface area contributed by atoms with Crippen LogP contribution in [-0.2, 0) is 5.41 Å². The molecule has 0 aliphatic heterocycles.